The highest BCUT2D eigenvalue weighted by Crippen LogP contribution is 2.31. The largest absolute Gasteiger partial charge is 0.293 e. The normalized spacial score (nSPS) is 23.4. The van der Waals surface area contributed by atoms with Crippen LogP contribution < -0.4 is 11.3 Å². The molecule has 0 aromatic heterocycles. The molecule has 1 amide bonds. The van der Waals surface area contributed by atoms with Crippen molar-refractivity contribution in [2.45, 2.75) is 33.2 Å². The molecular formula is C9H19N3O. The van der Waals surface area contributed by atoms with Crippen molar-refractivity contribution in [3.8, 4) is 0 Å². The van der Waals surface area contributed by atoms with Crippen LogP contribution in [0.4, 0.5) is 0 Å². The minimum absolute atomic E-state index is 0.0435. The molecule has 4 heteroatoms. The van der Waals surface area contributed by atoms with Gasteiger partial charge in [0.2, 0.25) is 0 Å². The van der Waals surface area contributed by atoms with Gasteiger partial charge in [-0.1, -0.05) is 20.8 Å². The Morgan fingerprint density at radius 3 is 2.46 bits per heavy atom. The number of hydrogen-bond donors (Lipinski definition) is 2. The molecule has 1 rings (SSSR count). The van der Waals surface area contributed by atoms with Gasteiger partial charge < -0.3 is 0 Å². The molecule has 0 aliphatic carbocycles. The molecule has 0 bridgehead atoms. The number of rotatable bonds is 3. The summed E-state index contributed by atoms with van der Waals surface area (Å²) in [5.74, 6) is 5.04. The fourth-order valence-corrected chi connectivity index (χ4v) is 1.98. The van der Waals surface area contributed by atoms with Gasteiger partial charge in [0.1, 0.15) is 0 Å². The number of nitrogens with two attached hydrogens (primary N) is 1. The molecule has 0 saturated carbocycles. The van der Waals surface area contributed by atoms with Gasteiger partial charge in [0, 0.05) is 13.1 Å². The first-order valence-corrected chi connectivity index (χ1v) is 4.74. The van der Waals surface area contributed by atoms with Crippen LogP contribution in [0.5, 0.6) is 0 Å². The maximum atomic E-state index is 11.3. The van der Waals surface area contributed by atoms with E-state index in [0.29, 0.717) is 5.41 Å². The van der Waals surface area contributed by atoms with E-state index < -0.39 is 0 Å². The Kier molecular flexibility index (Phi) is 2.93. The first-order valence-electron chi connectivity index (χ1n) is 4.74. The molecule has 0 aromatic rings. The monoisotopic (exact) mass is 185 g/mol. The third-order valence-electron chi connectivity index (χ3n) is 2.53. The van der Waals surface area contributed by atoms with Gasteiger partial charge >= 0.3 is 0 Å². The maximum Gasteiger partial charge on any atom is 0.251 e. The first kappa shape index (κ1) is 10.5. The van der Waals surface area contributed by atoms with Crippen LogP contribution >= 0.6 is 0 Å². The van der Waals surface area contributed by atoms with E-state index in [-0.39, 0.29) is 11.9 Å². The molecule has 0 spiro atoms. The standard InChI is InChI=1S/C9H19N3O/c1-4-7(8(13)11-10)12-5-9(2,3)6-12/h7H,4-6,10H2,1-3H3,(H,11,13). The molecule has 1 heterocycles. The molecule has 3 N–H and O–H groups in total. The molecule has 0 aromatic carbocycles. The maximum absolute atomic E-state index is 11.3. The summed E-state index contributed by atoms with van der Waals surface area (Å²) in [6, 6.07) is -0.0435. The quantitative estimate of drug-likeness (QED) is 0.372. The zero-order chi connectivity index (χ0) is 10.1. The second kappa shape index (κ2) is 3.64. The highest BCUT2D eigenvalue weighted by atomic mass is 16.2. The van der Waals surface area contributed by atoms with Gasteiger partial charge in [-0.05, 0) is 11.8 Å². The third-order valence-corrected chi connectivity index (χ3v) is 2.53. The summed E-state index contributed by atoms with van der Waals surface area (Å²) in [7, 11) is 0. The van der Waals surface area contributed by atoms with E-state index in [1.807, 2.05) is 6.92 Å². The Morgan fingerprint density at radius 1 is 1.62 bits per heavy atom. The van der Waals surface area contributed by atoms with Crippen LogP contribution in [0.2, 0.25) is 0 Å². The van der Waals surface area contributed by atoms with E-state index in [9.17, 15) is 4.79 Å². The number of amides is 1. The van der Waals surface area contributed by atoms with E-state index in [1.165, 1.54) is 0 Å². The van der Waals surface area contributed by atoms with Crippen molar-refractivity contribution in [1.82, 2.24) is 10.3 Å². The van der Waals surface area contributed by atoms with Crippen LogP contribution in [-0.2, 0) is 4.79 Å². The number of hydrazine groups is 1. The van der Waals surface area contributed by atoms with Crippen molar-refractivity contribution >= 4 is 5.91 Å². The lowest BCUT2D eigenvalue weighted by Gasteiger charge is -2.49. The van der Waals surface area contributed by atoms with Crippen molar-refractivity contribution in [3.63, 3.8) is 0 Å². The number of hydrogen-bond acceptors (Lipinski definition) is 3. The predicted octanol–water partition coefficient (Wildman–Crippen LogP) is 0.0967. The van der Waals surface area contributed by atoms with Gasteiger partial charge in [-0.25, -0.2) is 5.84 Å². The summed E-state index contributed by atoms with van der Waals surface area (Å²) in [6.07, 6.45) is 0.819. The van der Waals surface area contributed by atoms with Gasteiger partial charge in [0.15, 0.2) is 0 Å². The van der Waals surface area contributed by atoms with Crippen molar-refractivity contribution in [2.75, 3.05) is 13.1 Å². The van der Waals surface area contributed by atoms with Crippen LogP contribution in [0.15, 0.2) is 0 Å². The van der Waals surface area contributed by atoms with E-state index in [1.54, 1.807) is 0 Å². The van der Waals surface area contributed by atoms with Crippen LogP contribution in [0.3, 0.4) is 0 Å². The fourth-order valence-electron chi connectivity index (χ4n) is 1.98. The minimum Gasteiger partial charge on any atom is -0.293 e. The number of nitrogens with one attached hydrogen (secondary N) is 1. The summed E-state index contributed by atoms with van der Waals surface area (Å²) in [6.45, 7) is 8.39. The van der Waals surface area contributed by atoms with Gasteiger partial charge in [0.05, 0.1) is 6.04 Å². The zero-order valence-corrected chi connectivity index (χ0v) is 8.63. The lowest BCUT2D eigenvalue weighted by Crippen LogP contribution is -2.61. The molecule has 1 unspecified atom stereocenters. The highest BCUT2D eigenvalue weighted by Gasteiger charge is 2.39. The molecule has 4 nitrogen and oxygen atoms in total. The van der Waals surface area contributed by atoms with Crippen molar-refractivity contribution in [1.29, 1.82) is 0 Å². The Hall–Kier alpha value is -0.610. The second-order valence-corrected chi connectivity index (χ2v) is 4.50. The van der Waals surface area contributed by atoms with Crippen LogP contribution in [0.1, 0.15) is 27.2 Å². The van der Waals surface area contributed by atoms with E-state index in [0.717, 1.165) is 19.5 Å². The van der Waals surface area contributed by atoms with Gasteiger partial charge in [-0.15, -0.1) is 0 Å². The van der Waals surface area contributed by atoms with E-state index >= 15 is 0 Å². The average molecular weight is 185 g/mol. The Morgan fingerprint density at radius 2 is 2.15 bits per heavy atom. The molecule has 1 aliphatic rings. The topological polar surface area (TPSA) is 58.4 Å². The van der Waals surface area contributed by atoms with Gasteiger partial charge in [-0.3, -0.25) is 15.1 Å². The number of likely N-dealkylation sites (tertiary alicyclic amines) is 1. The summed E-state index contributed by atoms with van der Waals surface area (Å²) in [5, 5.41) is 0. The first-order chi connectivity index (χ1) is 6.00. The van der Waals surface area contributed by atoms with Gasteiger partial charge in [0.25, 0.3) is 5.91 Å². The molecule has 1 aliphatic heterocycles. The molecule has 1 fully saturated rings. The predicted molar refractivity (Wildman–Crippen MR) is 51.8 cm³/mol. The number of carbonyl (C=O) groups excluding carboxylic acids is 1. The van der Waals surface area contributed by atoms with Gasteiger partial charge in [-0.2, -0.15) is 0 Å². The molecule has 13 heavy (non-hydrogen) atoms. The smallest absolute Gasteiger partial charge is 0.251 e. The van der Waals surface area contributed by atoms with E-state index in [4.69, 9.17) is 5.84 Å². The lowest BCUT2D eigenvalue weighted by atomic mass is 9.83. The van der Waals surface area contributed by atoms with Crippen LogP contribution in [0, 0.1) is 5.41 Å². The Bertz CT molecular complexity index is 195. The Balaban J connectivity index is 2.46. The highest BCUT2D eigenvalue weighted by molar-refractivity contribution is 5.81. The fraction of sp³-hybridized carbons (Fsp3) is 0.889. The molecule has 0 radical (unpaired) electrons. The summed E-state index contributed by atoms with van der Waals surface area (Å²) in [5.41, 5.74) is 2.58. The molecule has 1 atom stereocenters. The lowest BCUT2D eigenvalue weighted by molar-refractivity contribution is -0.131. The summed E-state index contributed by atoms with van der Waals surface area (Å²) < 4.78 is 0. The SMILES string of the molecule is CCC(C(=O)NN)N1CC(C)(C)C1. The van der Waals surface area contributed by atoms with Crippen LogP contribution in [-0.4, -0.2) is 29.9 Å². The van der Waals surface area contributed by atoms with Crippen molar-refractivity contribution in [3.05, 3.63) is 0 Å². The van der Waals surface area contributed by atoms with Crippen molar-refractivity contribution < 1.29 is 4.79 Å². The minimum atomic E-state index is -0.0713. The zero-order valence-electron chi connectivity index (χ0n) is 8.63. The summed E-state index contributed by atoms with van der Waals surface area (Å²) >= 11 is 0. The van der Waals surface area contributed by atoms with Crippen molar-refractivity contribution in [2.24, 2.45) is 11.3 Å². The van der Waals surface area contributed by atoms with Crippen LogP contribution in [0.25, 0.3) is 0 Å². The summed E-state index contributed by atoms with van der Waals surface area (Å²) in [4.78, 5) is 13.5. The molecule has 76 valence electrons. The Labute approximate surface area is 79.4 Å². The van der Waals surface area contributed by atoms with E-state index in [2.05, 4.69) is 24.2 Å². The molecule has 1 saturated heterocycles. The number of carbonyl (C=O) groups is 1. The second-order valence-electron chi connectivity index (χ2n) is 4.50. The number of nitrogens with zero attached hydrogens (tertiary/aromatic N) is 1. The third kappa shape index (κ3) is 2.19. The average Bonchev–Trinajstić information content (AvgIpc) is 2.02. The molecular weight excluding hydrogens is 166 g/mol.